The van der Waals surface area contributed by atoms with Gasteiger partial charge in [0.2, 0.25) is 0 Å². The Labute approximate surface area is 131 Å². The summed E-state index contributed by atoms with van der Waals surface area (Å²) >= 11 is 0. The smallest absolute Gasteiger partial charge is 0.197 e. The first kappa shape index (κ1) is 13.8. The maximum absolute atomic E-state index is 12.3. The molecule has 5 heteroatoms. The SMILES string of the molecule is O=c1cc(-c2ccccc2)oc2cc(OCC3CO3)cc(O)c12. The molecular weight excluding hydrogens is 296 g/mol. The van der Waals surface area contributed by atoms with Crippen LogP contribution in [0.5, 0.6) is 11.5 Å². The van der Waals surface area contributed by atoms with E-state index in [4.69, 9.17) is 13.9 Å². The fourth-order valence-electron chi connectivity index (χ4n) is 2.42. The standard InChI is InChI=1S/C18H14O5/c19-14-6-12(21-9-13-10-22-13)7-17-18(14)15(20)8-16(23-17)11-4-2-1-3-5-11/h1-8,13,19H,9-10H2. The number of hydrogen-bond donors (Lipinski definition) is 1. The third-order valence-electron chi connectivity index (χ3n) is 3.68. The molecule has 1 fully saturated rings. The zero-order valence-electron chi connectivity index (χ0n) is 12.2. The lowest BCUT2D eigenvalue weighted by Crippen LogP contribution is -2.05. The number of benzene rings is 2. The number of hydrogen-bond acceptors (Lipinski definition) is 5. The molecule has 1 N–H and O–H groups in total. The van der Waals surface area contributed by atoms with E-state index >= 15 is 0 Å². The van der Waals surface area contributed by atoms with Crippen LogP contribution >= 0.6 is 0 Å². The van der Waals surface area contributed by atoms with Gasteiger partial charge in [0.05, 0.1) is 6.61 Å². The quantitative estimate of drug-likeness (QED) is 0.750. The van der Waals surface area contributed by atoms with Crippen LogP contribution in [-0.2, 0) is 4.74 Å². The van der Waals surface area contributed by atoms with Crippen LogP contribution < -0.4 is 10.2 Å². The molecule has 2 heterocycles. The van der Waals surface area contributed by atoms with Gasteiger partial charge in [-0.1, -0.05) is 30.3 Å². The zero-order valence-corrected chi connectivity index (χ0v) is 12.2. The molecular formula is C18H14O5. The molecule has 0 spiro atoms. The van der Waals surface area contributed by atoms with Crippen molar-refractivity contribution in [1.82, 2.24) is 0 Å². The molecule has 3 aromatic rings. The highest BCUT2D eigenvalue weighted by atomic mass is 16.6. The zero-order chi connectivity index (χ0) is 15.8. The normalized spacial score (nSPS) is 16.4. The number of phenols is 1. The summed E-state index contributed by atoms with van der Waals surface area (Å²) in [5, 5.41) is 10.3. The maximum atomic E-state index is 12.3. The largest absolute Gasteiger partial charge is 0.507 e. The molecule has 2 aromatic carbocycles. The van der Waals surface area contributed by atoms with Crippen LogP contribution in [0.1, 0.15) is 0 Å². The van der Waals surface area contributed by atoms with Crippen molar-refractivity contribution in [2.45, 2.75) is 6.10 Å². The van der Waals surface area contributed by atoms with Crippen molar-refractivity contribution in [3.63, 3.8) is 0 Å². The predicted molar refractivity (Wildman–Crippen MR) is 84.8 cm³/mol. The molecule has 0 saturated carbocycles. The van der Waals surface area contributed by atoms with Crippen LogP contribution in [-0.4, -0.2) is 24.4 Å². The third-order valence-corrected chi connectivity index (χ3v) is 3.68. The van der Waals surface area contributed by atoms with Crippen LogP contribution in [0.2, 0.25) is 0 Å². The molecule has 0 amide bonds. The van der Waals surface area contributed by atoms with E-state index in [2.05, 4.69) is 0 Å². The molecule has 0 radical (unpaired) electrons. The van der Waals surface area contributed by atoms with Gasteiger partial charge in [0.25, 0.3) is 0 Å². The Kier molecular flexibility index (Phi) is 3.28. The summed E-state index contributed by atoms with van der Waals surface area (Å²) in [6.45, 7) is 1.10. The summed E-state index contributed by atoms with van der Waals surface area (Å²) < 4.78 is 16.4. The second kappa shape index (κ2) is 5.44. The lowest BCUT2D eigenvalue weighted by atomic mass is 10.1. The Balaban J connectivity index is 1.80. The first-order valence-electron chi connectivity index (χ1n) is 7.31. The van der Waals surface area contributed by atoms with E-state index in [0.29, 0.717) is 30.3 Å². The van der Waals surface area contributed by atoms with Crippen molar-refractivity contribution in [3.05, 3.63) is 58.8 Å². The lowest BCUT2D eigenvalue weighted by molar-refractivity contribution is 0.262. The van der Waals surface area contributed by atoms with Gasteiger partial charge in [-0.15, -0.1) is 0 Å². The van der Waals surface area contributed by atoms with Crippen LogP contribution in [0.4, 0.5) is 0 Å². The van der Waals surface area contributed by atoms with Gasteiger partial charge in [-0.25, -0.2) is 0 Å². The minimum absolute atomic E-state index is 0.107. The molecule has 4 rings (SSSR count). The summed E-state index contributed by atoms with van der Waals surface area (Å²) in [6.07, 6.45) is 0.107. The van der Waals surface area contributed by atoms with Crippen molar-refractivity contribution in [2.24, 2.45) is 0 Å². The summed E-state index contributed by atoms with van der Waals surface area (Å²) in [5.41, 5.74) is 0.798. The number of ether oxygens (including phenoxy) is 2. The molecule has 23 heavy (non-hydrogen) atoms. The van der Waals surface area contributed by atoms with Crippen LogP contribution in [0.15, 0.2) is 57.7 Å². The van der Waals surface area contributed by atoms with E-state index in [0.717, 1.165) is 5.56 Å². The van der Waals surface area contributed by atoms with E-state index in [1.807, 2.05) is 30.3 Å². The van der Waals surface area contributed by atoms with Gasteiger partial charge in [0, 0.05) is 23.8 Å². The number of phenolic OH excluding ortho intramolecular Hbond substituents is 1. The Bertz CT molecular complexity index is 910. The molecule has 1 aliphatic rings. The van der Waals surface area contributed by atoms with Crippen molar-refractivity contribution in [3.8, 4) is 22.8 Å². The second-order valence-electron chi connectivity index (χ2n) is 5.42. The highest BCUT2D eigenvalue weighted by Crippen LogP contribution is 2.31. The molecule has 1 aromatic heterocycles. The molecule has 0 aliphatic carbocycles. The first-order chi connectivity index (χ1) is 11.2. The molecule has 1 unspecified atom stereocenters. The third kappa shape index (κ3) is 2.78. The molecule has 1 saturated heterocycles. The van der Waals surface area contributed by atoms with Crippen molar-refractivity contribution < 1.29 is 19.0 Å². The predicted octanol–water partition coefficient (Wildman–Crippen LogP) is 2.94. The van der Waals surface area contributed by atoms with Gasteiger partial charge in [-0.05, 0) is 0 Å². The van der Waals surface area contributed by atoms with Gasteiger partial charge >= 0.3 is 0 Å². The minimum Gasteiger partial charge on any atom is -0.507 e. The number of aromatic hydroxyl groups is 1. The Morgan fingerprint density at radius 1 is 1.17 bits per heavy atom. The van der Waals surface area contributed by atoms with E-state index in [9.17, 15) is 9.90 Å². The number of fused-ring (bicyclic) bond motifs is 1. The fourth-order valence-corrected chi connectivity index (χ4v) is 2.42. The summed E-state index contributed by atoms with van der Waals surface area (Å²) in [4.78, 5) is 12.3. The Morgan fingerprint density at radius 2 is 1.96 bits per heavy atom. The monoisotopic (exact) mass is 310 g/mol. The number of rotatable bonds is 4. The van der Waals surface area contributed by atoms with E-state index in [1.54, 1.807) is 6.07 Å². The van der Waals surface area contributed by atoms with Gasteiger partial charge in [-0.2, -0.15) is 0 Å². The van der Waals surface area contributed by atoms with E-state index < -0.39 is 0 Å². The Morgan fingerprint density at radius 3 is 2.70 bits per heavy atom. The van der Waals surface area contributed by atoms with Crippen molar-refractivity contribution >= 4 is 11.0 Å². The van der Waals surface area contributed by atoms with Crippen LogP contribution in [0, 0.1) is 0 Å². The Hall–Kier alpha value is -2.79. The van der Waals surface area contributed by atoms with Crippen molar-refractivity contribution in [2.75, 3.05) is 13.2 Å². The summed E-state index contributed by atoms with van der Waals surface area (Å²) in [7, 11) is 0. The lowest BCUT2D eigenvalue weighted by Gasteiger charge is -2.08. The number of epoxide rings is 1. The highest BCUT2D eigenvalue weighted by molar-refractivity contribution is 5.86. The second-order valence-corrected chi connectivity index (χ2v) is 5.42. The van der Waals surface area contributed by atoms with Crippen molar-refractivity contribution in [1.29, 1.82) is 0 Å². The van der Waals surface area contributed by atoms with Gasteiger partial charge in [-0.3, -0.25) is 4.79 Å². The van der Waals surface area contributed by atoms with Crippen LogP contribution in [0.3, 0.4) is 0 Å². The van der Waals surface area contributed by atoms with Crippen LogP contribution in [0.25, 0.3) is 22.3 Å². The maximum Gasteiger partial charge on any atom is 0.197 e. The average molecular weight is 310 g/mol. The minimum atomic E-state index is -0.292. The summed E-state index contributed by atoms with van der Waals surface area (Å²) in [6, 6.07) is 13.8. The van der Waals surface area contributed by atoms with Gasteiger partial charge in [0.15, 0.2) is 5.43 Å². The molecule has 5 nitrogen and oxygen atoms in total. The van der Waals surface area contributed by atoms with E-state index in [-0.39, 0.29) is 22.7 Å². The van der Waals surface area contributed by atoms with Gasteiger partial charge in [0.1, 0.15) is 40.9 Å². The molecule has 1 atom stereocenters. The molecule has 0 bridgehead atoms. The molecule has 1 aliphatic heterocycles. The first-order valence-corrected chi connectivity index (χ1v) is 7.31. The highest BCUT2D eigenvalue weighted by Gasteiger charge is 2.23. The fraction of sp³-hybridized carbons (Fsp3) is 0.167. The van der Waals surface area contributed by atoms with Gasteiger partial charge < -0.3 is 19.0 Å². The summed E-state index contributed by atoms with van der Waals surface area (Å²) in [5.74, 6) is 0.742. The average Bonchev–Trinajstić information content (AvgIpc) is 3.37. The topological polar surface area (TPSA) is 72.2 Å². The molecule has 116 valence electrons. The van der Waals surface area contributed by atoms with E-state index in [1.165, 1.54) is 12.1 Å².